The Balaban J connectivity index is 1.58. The Bertz CT molecular complexity index is 625. The second-order valence-electron chi connectivity index (χ2n) is 5.19. The predicted octanol–water partition coefficient (Wildman–Crippen LogP) is 0.686. The largest absolute Gasteiger partial charge is 0.355 e. The molecule has 114 valence electrons. The highest BCUT2D eigenvalue weighted by molar-refractivity contribution is 7.77. The molecule has 0 amide bonds. The highest BCUT2D eigenvalue weighted by atomic mass is 32.2. The van der Waals surface area contributed by atoms with Crippen LogP contribution in [-0.4, -0.2) is 48.6 Å². The second-order valence-corrected chi connectivity index (χ2v) is 5.98. The van der Waals surface area contributed by atoms with E-state index in [-0.39, 0.29) is 0 Å². The summed E-state index contributed by atoms with van der Waals surface area (Å²) < 4.78 is 21.8. The third-order valence-electron chi connectivity index (χ3n) is 3.91. The van der Waals surface area contributed by atoms with Crippen molar-refractivity contribution in [3.63, 3.8) is 0 Å². The molecule has 0 radical (unpaired) electrons. The number of nitrogens with zero attached hydrogens (tertiary/aromatic N) is 4. The van der Waals surface area contributed by atoms with E-state index in [2.05, 4.69) is 29.8 Å². The van der Waals surface area contributed by atoms with Crippen molar-refractivity contribution in [3.8, 4) is 0 Å². The van der Waals surface area contributed by atoms with Gasteiger partial charge in [-0.3, -0.25) is 9.65 Å². The number of rotatable bonds is 5. The summed E-state index contributed by atoms with van der Waals surface area (Å²) in [4.78, 5) is 10.8. The molecule has 3 heterocycles. The van der Waals surface area contributed by atoms with Crippen molar-refractivity contribution in [3.05, 3.63) is 12.5 Å². The summed E-state index contributed by atoms with van der Waals surface area (Å²) in [5.74, 6) is 1.49. The van der Waals surface area contributed by atoms with E-state index < -0.39 is 11.3 Å². The molecule has 1 saturated heterocycles. The minimum Gasteiger partial charge on any atom is -0.355 e. The molecule has 0 saturated carbocycles. The number of hydrogen-bond acceptors (Lipinski definition) is 5. The van der Waals surface area contributed by atoms with Crippen LogP contribution in [0.1, 0.15) is 19.3 Å². The van der Waals surface area contributed by atoms with Gasteiger partial charge in [-0.05, 0) is 25.2 Å². The van der Waals surface area contributed by atoms with Gasteiger partial charge in [0.05, 0.1) is 6.20 Å². The molecule has 0 bridgehead atoms. The molecule has 21 heavy (non-hydrogen) atoms. The smallest absolute Gasteiger partial charge is 0.231 e. The Kier molecular flexibility index (Phi) is 4.42. The molecule has 2 aromatic heterocycles. The average molecular weight is 310 g/mol. The molecule has 8 nitrogen and oxygen atoms in total. The molecule has 3 rings (SSSR count). The SMILES string of the molecule is O=S(O)NCCC1CCN(c2ncnc3cn[nH]c23)CC1. The molecule has 0 aliphatic carbocycles. The van der Waals surface area contributed by atoms with Crippen LogP contribution in [0.25, 0.3) is 11.0 Å². The maximum absolute atomic E-state index is 10.5. The topological polar surface area (TPSA) is 107 Å². The fourth-order valence-corrected chi connectivity index (χ4v) is 3.07. The Morgan fingerprint density at radius 2 is 2.24 bits per heavy atom. The molecule has 1 fully saturated rings. The molecule has 2 aromatic rings. The first-order chi connectivity index (χ1) is 10.2. The first-order valence-electron chi connectivity index (χ1n) is 6.97. The highest BCUT2D eigenvalue weighted by Gasteiger charge is 2.22. The molecular weight excluding hydrogens is 292 g/mol. The van der Waals surface area contributed by atoms with Crippen molar-refractivity contribution in [2.24, 2.45) is 5.92 Å². The van der Waals surface area contributed by atoms with E-state index in [1.54, 1.807) is 12.5 Å². The zero-order chi connectivity index (χ0) is 14.7. The highest BCUT2D eigenvalue weighted by Crippen LogP contribution is 2.26. The monoisotopic (exact) mass is 310 g/mol. The van der Waals surface area contributed by atoms with Gasteiger partial charge in [0, 0.05) is 19.6 Å². The number of H-pyrrole nitrogens is 1. The standard InChI is InChI=1S/C12H18N6O2S/c19-21(20)16-4-1-9-2-5-18(6-3-9)12-11-10(7-15-17-11)13-8-14-12/h7-9,16H,1-6H2,(H,15,17)(H,19,20). The van der Waals surface area contributed by atoms with Crippen LogP contribution in [0, 0.1) is 5.92 Å². The van der Waals surface area contributed by atoms with Gasteiger partial charge >= 0.3 is 0 Å². The number of hydrogen-bond donors (Lipinski definition) is 3. The van der Waals surface area contributed by atoms with Crippen molar-refractivity contribution in [2.75, 3.05) is 24.5 Å². The summed E-state index contributed by atoms with van der Waals surface area (Å²) >= 11 is -1.91. The summed E-state index contributed by atoms with van der Waals surface area (Å²) in [5.41, 5.74) is 1.71. The summed E-state index contributed by atoms with van der Waals surface area (Å²) in [6.07, 6.45) is 6.30. The quantitative estimate of drug-likeness (QED) is 0.701. The lowest BCUT2D eigenvalue weighted by Gasteiger charge is -2.32. The number of fused-ring (bicyclic) bond motifs is 1. The molecule has 9 heteroatoms. The molecule has 3 N–H and O–H groups in total. The van der Waals surface area contributed by atoms with Crippen LogP contribution in [0.5, 0.6) is 0 Å². The van der Waals surface area contributed by atoms with Crippen LogP contribution < -0.4 is 9.62 Å². The number of anilines is 1. The van der Waals surface area contributed by atoms with Gasteiger partial charge in [-0.2, -0.15) is 5.10 Å². The second kappa shape index (κ2) is 6.46. The maximum Gasteiger partial charge on any atom is 0.231 e. The molecule has 0 spiro atoms. The predicted molar refractivity (Wildman–Crippen MR) is 80.0 cm³/mol. The molecule has 0 aromatic carbocycles. The maximum atomic E-state index is 10.5. The van der Waals surface area contributed by atoms with Crippen LogP contribution in [0.2, 0.25) is 0 Å². The van der Waals surface area contributed by atoms with E-state index in [1.165, 1.54) is 0 Å². The number of piperidine rings is 1. The Hall–Kier alpha value is -1.58. The fraction of sp³-hybridized carbons (Fsp3) is 0.583. The van der Waals surface area contributed by atoms with Gasteiger partial charge in [0.15, 0.2) is 5.82 Å². The summed E-state index contributed by atoms with van der Waals surface area (Å²) in [6, 6.07) is 0. The minimum absolute atomic E-state index is 0.575. The zero-order valence-electron chi connectivity index (χ0n) is 11.5. The molecule has 1 aliphatic heterocycles. The Morgan fingerprint density at radius 3 is 3.00 bits per heavy atom. The normalized spacial score (nSPS) is 18.2. The van der Waals surface area contributed by atoms with E-state index in [0.717, 1.165) is 49.2 Å². The van der Waals surface area contributed by atoms with Crippen LogP contribution in [-0.2, 0) is 11.3 Å². The number of aromatic amines is 1. The van der Waals surface area contributed by atoms with E-state index in [9.17, 15) is 4.21 Å². The van der Waals surface area contributed by atoms with Gasteiger partial charge in [-0.1, -0.05) is 0 Å². The number of aromatic nitrogens is 4. The van der Waals surface area contributed by atoms with Gasteiger partial charge in [-0.15, -0.1) is 0 Å². The van der Waals surface area contributed by atoms with Crippen LogP contribution in [0.4, 0.5) is 5.82 Å². The lowest BCUT2D eigenvalue weighted by Crippen LogP contribution is -2.35. The summed E-state index contributed by atoms with van der Waals surface area (Å²) in [6.45, 7) is 2.43. The summed E-state index contributed by atoms with van der Waals surface area (Å²) in [7, 11) is 0. The third kappa shape index (κ3) is 3.36. The van der Waals surface area contributed by atoms with Gasteiger partial charge in [0.2, 0.25) is 11.3 Å². The van der Waals surface area contributed by atoms with E-state index in [1.807, 2.05) is 0 Å². The number of nitrogens with one attached hydrogen (secondary N) is 2. The Labute approximate surface area is 124 Å². The van der Waals surface area contributed by atoms with E-state index in [4.69, 9.17) is 4.55 Å². The van der Waals surface area contributed by atoms with Crippen LogP contribution in [0.3, 0.4) is 0 Å². The molecule has 1 unspecified atom stereocenters. The molecular formula is C12H18N6O2S. The van der Waals surface area contributed by atoms with Crippen molar-refractivity contribution < 1.29 is 8.76 Å². The van der Waals surface area contributed by atoms with E-state index >= 15 is 0 Å². The molecule has 1 aliphatic rings. The van der Waals surface area contributed by atoms with Crippen molar-refractivity contribution in [1.29, 1.82) is 0 Å². The fourth-order valence-electron chi connectivity index (χ4n) is 2.78. The third-order valence-corrected chi connectivity index (χ3v) is 4.36. The van der Waals surface area contributed by atoms with Crippen molar-refractivity contribution in [1.82, 2.24) is 24.9 Å². The van der Waals surface area contributed by atoms with Crippen molar-refractivity contribution >= 4 is 28.1 Å². The lowest BCUT2D eigenvalue weighted by atomic mass is 9.93. The lowest BCUT2D eigenvalue weighted by molar-refractivity contribution is 0.380. The van der Waals surface area contributed by atoms with Crippen LogP contribution in [0.15, 0.2) is 12.5 Å². The first kappa shape index (κ1) is 14.4. The summed E-state index contributed by atoms with van der Waals surface area (Å²) in [5, 5.41) is 6.97. The van der Waals surface area contributed by atoms with Gasteiger partial charge in [0.1, 0.15) is 17.4 Å². The zero-order valence-corrected chi connectivity index (χ0v) is 12.3. The first-order valence-corrected chi connectivity index (χ1v) is 8.08. The van der Waals surface area contributed by atoms with Crippen molar-refractivity contribution in [2.45, 2.75) is 19.3 Å². The Morgan fingerprint density at radius 1 is 1.43 bits per heavy atom. The molecule has 1 atom stereocenters. The van der Waals surface area contributed by atoms with Gasteiger partial charge in [0.25, 0.3) is 0 Å². The van der Waals surface area contributed by atoms with E-state index in [0.29, 0.717) is 12.5 Å². The van der Waals surface area contributed by atoms with Gasteiger partial charge < -0.3 is 4.90 Å². The minimum atomic E-state index is -1.91. The average Bonchev–Trinajstić information content (AvgIpc) is 2.96. The van der Waals surface area contributed by atoms with Crippen LogP contribution >= 0.6 is 0 Å². The van der Waals surface area contributed by atoms with Gasteiger partial charge in [-0.25, -0.2) is 18.9 Å².